The minimum absolute atomic E-state index is 0. The number of carbonyl (C=O) groups excluding carboxylic acids is 1. The number of halogens is 1. The van der Waals surface area contributed by atoms with Crippen LogP contribution in [0.25, 0.3) is 11.3 Å². The van der Waals surface area contributed by atoms with Gasteiger partial charge in [0.15, 0.2) is 0 Å². The number of aromatic nitrogens is 1. The second-order valence-corrected chi connectivity index (χ2v) is 5.86. The Hall–Kier alpha value is -2.11. The first kappa shape index (κ1) is 18.2. The Bertz CT molecular complexity index is 745. The average molecular weight is 348 g/mol. The summed E-state index contributed by atoms with van der Waals surface area (Å²) < 4.78 is 0. The Morgan fingerprint density at radius 2 is 1.96 bits per heavy atom. The van der Waals surface area contributed by atoms with Gasteiger partial charge in [-0.15, -0.1) is 12.4 Å². The molecule has 1 saturated heterocycles. The van der Waals surface area contributed by atoms with E-state index in [4.69, 9.17) is 0 Å². The number of likely N-dealkylation sites (N-methyl/N-ethyl adjacent to an activating group) is 1. The largest absolute Gasteiger partial charge is 0.337 e. The SMILES string of the molecule is CNC1CCCN(C(=O)c2ccc(-c3ccccc3)[nH]c2=O)C1.Cl. The number of hydrogen-bond donors (Lipinski definition) is 2. The van der Waals surface area contributed by atoms with Crippen molar-refractivity contribution in [3.8, 4) is 11.3 Å². The third-order valence-corrected chi connectivity index (χ3v) is 4.34. The van der Waals surface area contributed by atoms with Gasteiger partial charge in [0.05, 0.1) is 0 Å². The van der Waals surface area contributed by atoms with Gasteiger partial charge >= 0.3 is 0 Å². The number of rotatable bonds is 3. The summed E-state index contributed by atoms with van der Waals surface area (Å²) in [6, 6.07) is 13.3. The van der Waals surface area contributed by atoms with E-state index in [9.17, 15) is 9.59 Å². The normalized spacial score (nSPS) is 17.2. The molecule has 0 bridgehead atoms. The van der Waals surface area contributed by atoms with E-state index in [-0.39, 0.29) is 29.4 Å². The highest BCUT2D eigenvalue weighted by Crippen LogP contribution is 2.16. The lowest BCUT2D eigenvalue weighted by atomic mass is 10.0. The predicted octanol–water partition coefficient (Wildman–Crippen LogP) is 2.29. The molecule has 2 aromatic rings. The molecule has 1 unspecified atom stereocenters. The number of carbonyl (C=O) groups is 1. The lowest BCUT2D eigenvalue weighted by Crippen LogP contribution is -2.47. The molecule has 3 rings (SSSR count). The maximum absolute atomic E-state index is 12.6. The second-order valence-electron chi connectivity index (χ2n) is 5.86. The summed E-state index contributed by atoms with van der Waals surface area (Å²) in [6.45, 7) is 1.35. The van der Waals surface area contributed by atoms with E-state index in [0.717, 1.165) is 24.1 Å². The van der Waals surface area contributed by atoms with Crippen molar-refractivity contribution >= 4 is 18.3 Å². The van der Waals surface area contributed by atoms with Gasteiger partial charge in [-0.25, -0.2) is 0 Å². The monoisotopic (exact) mass is 347 g/mol. The van der Waals surface area contributed by atoms with Crippen LogP contribution in [-0.2, 0) is 0 Å². The van der Waals surface area contributed by atoms with E-state index >= 15 is 0 Å². The number of pyridine rings is 1. The number of benzene rings is 1. The van der Waals surface area contributed by atoms with Crippen molar-refractivity contribution in [2.75, 3.05) is 20.1 Å². The Morgan fingerprint density at radius 1 is 1.21 bits per heavy atom. The highest BCUT2D eigenvalue weighted by Gasteiger charge is 2.25. The Morgan fingerprint density at radius 3 is 2.62 bits per heavy atom. The third-order valence-electron chi connectivity index (χ3n) is 4.34. The first-order valence-corrected chi connectivity index (χ1v) is 7.94. The molecule has 1 atom stereocenters. The summed E-state index contributed by atoms with van der Waals surface area (Å²) in [5, 5.41) is 3.21. The van der Waals surface area contributed by atoms with Crippen molar-refractivity contribution in [3.63, 3.8) is 0 Å². The predicted molar refractivity (Wildman–Crippen MR) is 97.7 cm³/mol. The van der Waals surface area contributed by atoms with Gasteiger partial charge in [0.25, 0.3) is 11.5 Å². The van der Waals surface area contributed by atoms with Gasteiger partial charge in [-0.1, -0.05) is 30.3 Å². The molecule has 24 heavy (non-hydrogen) atoms. The fourth-order valence-electron chi connectivity index (χ4n) is 3.00. The zero-order chi connectivity index (χ0) is 16.2. The first-order valence-electron chi connectivity index (χ1n) is 7.94. The fourth-order valence-corrected chi connectivity index (χ4v) is 3.00. The van der Waals surface area contributed by atoms with Crippen LogP contribution in [0.5, 0.6) is 0 Å². The topological polar surface area (TPSA) is 65.2 Å². The molecule has 0 spiro atoms. The van der Waals surface area contributed by atoms with Gasteiger partial charge in [0, 0.05) is 24.8 Å². The van der Waals surface area contributed by atoms with Crippen molar-refractivity contribution in [1.82, 2.24) is 15.2 Å². The number of H-pyrrole nitrogens is 1. The standard InChI is InChI=1S/C18H21N3O2.ClH/c1-19-14-8-5-11-21(12-14)18(23)15-9-10-16(20-17(15)22)13-6-3-2-4-7-13;/h2-4,6-7,9-10,14,19H,5,8,11-12H2,1H3,(H,20,22);1H. The third kappa shape index (κ3) is 3.86. The van der Waals surface area contributed by atoms with Crippen molar-refractivity contribution in [3.05, 3.63) is 58.4 Å². The molecule has 1 aliphatic heterocycles. The van der Waals surface area contributed by atoms with E-state index in [1.54, 1.807) is 17.0 Å². The summed E-state index contributed by atoms with van der Waals surface area (Å²) >= 11 is 0. The number of nitrogens with zero attached hydrogens (tertiary/aromatic N) is 1. The molecule has 1 amide bonds. The molecule has 1 fully saturated rings. The lowest BCUT2D eigenvalue weighted by molar-refractivity contribution is 0.0696. The van der Waals surface area contributed by atoms with E-state index in [0.29, 0.717) is 19.1 Å². The second kappa shape index (κ2) is 8.13. The van der Waals surface area contributed by atoms with Crippen LogP contribution >= 0.6 is 12.4 Å². The molecule has 1 aromatic carbocycles. The lowest BCUT2D eigenvalue weighted by Gasteiger charge is -2.32. The number of likely N-dealkylation sites (tertiary alicyclic amines) is 1. The highest BCUT2D eigenvalue weighted by atomic mass is 35.5. The number of hydrogen-bond acceptors (Lipinski definition) is 3. The molecular weight excluding hydrogens is 326 g/mol. The van der Waals surface area contributed by atoms with Gasteiger partial charge in [-0.05, 0) is 37.6 Å². The van der Waals surface area contributed by atoms with E-state index in [1.807, 2.05) is 37.4 Å². The smallest absolute Gasteiger partial charge is 0.261 e. The molecule has 128 valence electrons. The van der Waals surface area contributed by atoms with Crippen LogP contribution in [0.1, 0.15) is 23.2 Å². The minimum Gasteiger partial charge on any atom is -0.337 e. The maximum Gasteiger partial charge on any atom is 0.261 e. The Balaban J connectivity index is 0.00000208. The van der Waals surface area contributed by atoms with Crippen molar-refractivity contribution in [1.29, 1.82) is 0 Å². The average Bonchev–Trinajstić information content (AvgIpc) is 2.62. The van der Waals surface area contributed by atoms with Crippen LogP contribution in [0.15, 0.2) is 47.3 Å². The van der Waals surface area contributed by atoms with Crippen LogP contribution in [0.2, 0.25) is 0 Å². The molecule has 1 aliphatic rings. The molecule has 5 nitrogen and oxygen atoms in total. The van der Waals surface area contributed by atoms with Crippen LogP contribution in [0, 0.1) is 0 Å². The molecule has 0 aliphatic carbocycles. The van der Waals surface area contributed by atoms with Gasteiger partial charge in [-0.3, -0.25) is 9.59 Å². The quantitative estimate of drug-likeness (QED) is 0.895. The molecule has 2 heterocycles. The van der Waals surface area contributed by atoms with E-state index < -0.39 is 0 Å². The van der Waals surface area contributed by atoms with Gasteiger partial charge in [-0.2, -0.15) is 0 Å². The van der Waals surface area contributed by atoms with E-state index in [1.165, 1.54) is 0 Å². The first-order chi connectivity index (χ1) is 11.2. The number of nitrogens with one attached hydrogen (secondary N) is 2. The summed E-state index contributed by atoms with van der Waals surface area (Å²) in [5.41, 5.74) is 1.53. The van der Waals surface area contributed by atoms with Gasteiger partial charge in [0.2, 0.25) is 0 Å². The van der Waals surface area contributed by atoms with Crippen LogP contribution in [0.3, 0.4) is 0 Å². The summed E-state index contributed by atoms with van der Waals surface area (Å²) in [6.07, 6.45) is 2.01. The van der Waals surface area contributed by atoms with Crippen LogP contribution in [0.4, 0.5) is 0 Å². The summed E-state index contributed by atoms with van der Waals surface area (Å²) in [5.74, 6) is -0.189. The van der Waals surface area contributed by atoms with Gasteiger partial charge < -0.3 is 15.2 Å². The van der Waals surface area contributed by atoms with Crippen molar-refractivity contribution in [2.45, 2.75) is 18.9 Å². The summed E-state index contributed by atoms with van der Waals surface area (Å²) in [7, 11) is 1.90. The molecule has 1 aromatic heterocycles. The Labute approximate surface area is 147 Å². The molecular formula is C18H22ClN3O2. The van der Waals surface area contributed by atoms with Crippen LogP contribution < -0.4 is 10.9 Å². The molecule has 0 saturated carbocycles. The van der Waals surface area contributed by atoms with Crippen LogP contribution in [-0.4, -0.2) is 42.0 Å². The zero-order valence-electron chi connectivity index (χ0n) is 13.6. The molecule has 6 heteroatoms. The van der Waals surface area contributed by atoms with Gasteiger partial charge in [0.1, 0.15) is 5.56 Å². The number of amides is 1. The maximum atomic E-state index is 12.6. The van der Waals surface area contributed by atoms with Crippen molar-refractivity contribution < 1.29 is 4.79 Å². The molecule has 0 radical (unpaired) electrons. The minimum atomic E-state index is -0.331. The number of aromatic amines is 1. The number of piperidine rings is 1. The molecule has 2 N–H and O–H groups in total. The Kier molecular flexibility index (Phi) is 6.17. The van der Waals surface area contributed by atoms with E-state index in [2.05, 4.69) is 10.3 Å². The fraction of sp³-hybridized carbons (Fsp3) is 0.333. The zero-order valence-corrected chi connectivity index (χ0v) is 14.4. The summed E-state index contributed by atoms with van der Waals surface area (Å²) in [4.78, 5) is 29.5. The highest BCUT2D eigenvalue weighted by molar-refractivity contribution is 5.94. The van der Waals surface area contributed by atoms with Crippen molar-refractivity contribution in [2.24, 2.45) is 0 Å².